The second kappa shape index (κ2) is 10.0. The van der Waals surface area contributed by atoms with Gasteiger partial charge in [-0.05, 0) is 48.7 Å². The summed E-state index contributed by atoms with van der Waals surface area (Å²) in [5.74, 6) is -0.00930. The van der Waals surface area contributed by atoms with Crippen molar-refractivity contribution in [1.82, 2.24) is 14.8 Å². The van der Waals surface area contributed by atoms with E-state index < -0.39 is 0 Å². The van der Waals surface area contributed by atoms with Gasteiger partial charge in [0.25, 0.3) is 0 Å². The van der Waals surface area contributed by atoms with Crippen LogP contribution in [0.3, 0.4) is 0 Å². The largest absolute Gasteiger partial charge is 0.395 e. The molecule has 6 heteroatoms. The number of nitrogens with zero attached hydrogens (tertiary/aromatic N) is 3. The van der Waals surface area contributed by atoms with E-state index in [1.165, 1.54) is 6.07 Å². The maximum absolute atomic E-state index is 14.2. The first-order valence-electron chi connectivity index (χ1n) is 12.0. The van der Waals surface area contributed by atoms with Gasteiger partial charge in [-0.2, -0.15) is 0 Å². The maximum atomic E-state index is 14.2. The summed E-state index contributed by atoms with van der Waals surface area (Å²) in [4.78, 5) is 21.8. The van der Waals surface area contributed by atoms with Gasteiger partial charge < -0.3 is 10.0 Å². The number of hydrogen-bond acceptors (Lipinski definition) is 4. The Morgan fingerprint density at radius 1 is 1.00 bits per heavy atom. The monoisotopic (exact) mass is 459 g/mol. The lowest BCUT2D eigenvalue weighted by atomic mass is 9.74. The van der Waals surface area contributed by atoms with Crippen molar-refractivity contribution in [3.63, 3.8) is 0 Å². The minimum Gasteiger partial charge on any atom is -0.395 e. The molecule has 3 heterocycles. The van der Waals surface area contributed by atoms with E-state index in [-0.39, 0.29) is 36.3 Å². The molecule has 1 aromatic heterocycles. The van der Waals surface area contributed by atoms with Crippen LogP contribution in [0.4, 0.5) is 4.39 Å². The molecule has 2 fully saturated rings. The van der Waals surface area contributed by atoms with Crippen LogP contribution in [0.2, 0.25) is 0 Å². The highest BCUT2D eigenvalue weighted by molar-refractivity contribution is 5.78. The fourth-order valence-corrected chi connectivity index (χ4v) is 5.52. The van der Waals surface area contributed by atoms with Crippen LogP contribution >= 0.6 is 0 Å². The van der Waals surface area contributed by atoms with Crippen LogP contribution in [0.1, 0.15) is 30.0 Å². The summed E-state index contributed by atoms with van der Waals surface area (Å²) in [7, 11) is 0. The number of rotatable bonds is 5. The second-order valence-corrected chi connectivity index (χ2v) is 9.23. The van der Waals surface area contributed by atoms with Gasteiger partial charge in [0.15, 0.2) is 0 Å². The average Bonchev–Trinajstić information content (AvgIpc) is 2.84. The molecule has 34 heavy (non-hydrogen) atoms. The van der Waals surface area contributed by atoms with Crippen molar-refractivity contribution in [2.24, 2.45) is 0 Å². The number of benzene rings is 2. The summed E-state index contributed by atoms with van der Waals surface area (Å²) in [6.45, 7) is 2.40. The van der Waals surface area contributed by atoms with Crippen LogP contribution in [-0.4, -0.2) is 64.1 Å². The standard InChI is InChI=1S/C28H30FN3O2/c29-24-9-2-1-8-23(24)20-10-12-21(13-11-20)28-25-18-31(15-5-6-16-32(25)26(28)19-33)27(34)17-22-7-3-4-14-30-22/h1-4,7-14,25-26,28,33H,5-6,15-19H2/t25-,26+,28+/m0/s1. The van der Waals surface area contributed by atoms with Crippen molar-refractivity contribution in [3.05, 3.63) is 90.0 Å². The van der Waals surface area contributed by atoms with E-state index in [0.29, 0.717) is 18.5 Å². The molecule has 2 aliphatic heterocycles. The molecule has 0 radical (unpaired) electrons. The van der Waals surface area contributed by atoms with Crippen LogP contribution in [0.15, 0.2) is 72.9 Å². The van der Waals surface area contributed by atoms with Gasteiger partial charge in [0.2, 0.25) is 5.91 Å². The predicted molar refractivity (Wildman–Crippen MR) is 130 cm³/mol. The van der Waals surface area contributed by atoms with Gasteiger partial charge in [0.05, 0.1) is 13.0 Å². The fraction of sp³-hybridized carbons (Fsp3) is 0.357. The zero-order valence-corrected chi connectivity index (χ0v) is 19.2. The summed E-state index contributed by atoms with van der Waals surface area (Å²) in [6, 6.07) is 20.6. The van der Waals surface area contributed by atoms with Gasteiger partial charge in [0.1, 0.15) is 5.82 Å². The van der Waals surface area contributed by atoms with Crippen LogP contribution in [-0.2, 0) is 11.2 Å². The van der Waals surface area contributed by atoms with Gasteiger partial charge in [-0.15, -0.1) is 0 Å². The molecule has 0 spiro atoms. The smallest absolute Gasteiger partial charge is 0.228 e. The van der Waals surface area contributed by atoms with Crippen LogP contribution < -0.4 is 0 Å². The highest BCUT2D eigenvalue weighted by Crippen LogP contribution is 2.42. The molecule has 3 atom stereocenters. The van der Waals surface area contributed by atoms with Crippen LogP contribution in [0.5, 0.6) is 0 Å². The highest BCUT2D eigenvalue weighted by atomic mass is 19.1. The molecule has 176 valence electrons. The van der Waals surface area contributed by atoms with Gasteiger partial charge >= 0.3 is 0 Å². The highest BCUT2D eigenvalue weighted by Gasteiger charge is 2.49. The van der Waals surface area contributed by atoms with Crippen LogP contribution in [0.25, 0.3) is 11.1 Å². The average molecular weight is 460 g/mol. The summed E-state index contributed by atoms with van der Waals surface area (Å²) < 4.78 is 14.2. The Kier molecular flexibility index (Phi) is 6.70. The SMILES string of the molecule is O=C(Cc1ccccn1)N1CCCCN2[C@H](CO)[C@H](c3ccc(-c4ccccc4F)cc3)[C@@H]2C1. The van der Waals surface area contributed by atoms with Crippen molar-refractivity contribution >= 4 is 5.91 Å². The third-order valence-corrected chi connectivity index (χ3v) is 7.26. The van der Waals surface area contributed by atoms with E-state index in [9.17, 15) is 14.3 Å². The van der Waals surface area contributed by atoms with Crippen molar-refractivity contribution in [3.8, 4) is 11.1 Å². The first-order valence-corrected chi connectivity index (χ1v) is 12.0. The third-order valence-electron chi connectivity index (χ3n) is 7.26. The van der Waals surface area contributed by atoms with Gasteiger partial charge in [-0.3, -0.25) is 14.7 Å². The number of aliphatic hydroxyl groups is 1. The third kappa shape index (κ3) is 4.48. The fourth-order valence-electron chi connectivity index (χ4n) is 5.52. The van der Waals surface area contributed by atoms with E-state index in [1.54, 1.807) is 18.3 Å². The lowest BCUT2D eigenvalue weighted by molar-refractivity contribution is -0.135. The number of carbonyl (C=O) groups is 1. The quantitative estimate of drug-likeness (QED) is 0.629. The number of pyridine rings is 1. The maximum Gasteiger partial charge on any atom is 0.228 e. The molecule has 5 nitrogen and oxygen atoms in total. The summed E-state index contributed by atoms with van der Waals surface area (Å²) in [6.07, 6.45) is 3.98. The molecular weight excluding hydrogens is 429 g/mol. The zero-order chi connectivity index (χ0) is 23.5. The lowest BCUT2D eigenvalue weighted by Crippen LogP contribution is -2.68. The molecule has 2 aromatic carbocycles. The Balaban J connectivity index is 1.36. The first-order chi connectivity index (χ1) is 16.7. The van der Waals surface area contributed by atoms with Crippen molar-refractivity contribution in [2.45, 2.75) is 37.3 Å². The zero-order valence-electron chi connectivity index (χ0n) is 19.2. The van der Waals surface area contributed by atoms with E-state index in [2.05, 4.69) is 9.88 Å². The number of halogens is 1. The van der Waals surface area contributed by atoms with E-state index in [0.717, 1.165) is 42.8 Å². The summed E-state index contributed by atoms with van der Waals surface area (Å²) >= 11 is 0. The Bertz CT molecular complexity index is 1120. The van der Waals surface area contributed by atoms with E-state index in [4.69, 9.17) is 0 Å². The van der Waals surface area contributed by atoms with Gasteiger partial charge in [-0.1, -0.05) is 48.5 Å². The number of fused-ring (bicyclic) bond motifs is 1. The van der Waals surface area contributed by atoms with Crippen molar-refractivity contribution in [1.29, 1.82) is 0 Å². The number of hydrogen-bond donors (Lipinski definition) is 1. The minimum absolute atomic E-state index is 0.0372. The lowest BCUT2D eigenvalue weighted by Gasteiger charge is -2.57. The number of aliphatic hydroxyl groups excluding tert-OH is 1. The molecule has 2 aliphatic rings. The van der Waals surface area contributed by atoms with Crippen LogP contribution in [0, 0.1) is 5.82 Å². The second-order valence-electron chi connectivity index (χ2n) is 9.23. The molecular formula is C28H30FN3O2. The Hall–Kier alpha value is -3.09. The molecule has 0 aliphatic carbocycles. The van der Waals surface area contributed by atoms with Gasteiger partial charge in [-0.25, -0.2) is 4.39 Å². The van der Waals surface area contributed by atoms with Crippen molar-refractivity contribution < 1.29 is 14.3 Å². The molecule has 3 aromatic rings. The first kappa shape index (κ1) is 22.7. The summed E-state index contributed by atoms with van der Waals surface area (Å²) in [5, 5.41) is 10.2. The number of aromatic nitrogens is 1. The molecule has 1 amide bonds. The molecule has 0 saturated carbocycles. The van der Waals surface area contributed by atoms with E-state index >= 15 is 0 Å². The Labute approximate surface area is 199 Å². The van der Waals surface area contributed by atoms with E-state index in [1.807, 2.05) is 53.4 Å². The van der Waals surface area contributed by atoms with Gasteiger partial charge in [0, 0.05) is 48.5 Å². The molecule has 0 bridgehead atoms. The Morgan fingerprint density at radius 2 is 1.76 bits per heavy atom. The molecule has 0 unspecified atom stereocenters. The molecule has 1 N–H and O–H groups in total. The van der Waals surface area contributed by atoms with Crippen molar-refractivity contribution in [2.75, 3.05) is 26.2 Å². The predicted octanol–water partition coefficient (Wildman–Crippen LogP) is 3.88. The molecule has 5 rings (SSSR count). The minimum atomic E-state index is -0.236. The number of amides is 1. The summed E-state index contributed by atoms with van der Waals surface area (Å²) in [5.41, 5.74) is 3.33. The number of carbonyl (C=O) groups excluding carboxylic acids is 1. The Morgan fingerprint density at radius 3 is 2.50 bits per heavy atom. The normalized spacial score (nSPS) is 22.9. The molecule has 2 saturated heterocycles. The topological polar surface area (TPSA) is 56.7 Å².